The second-order valence-corrected chi connectivity index (χ2v) is 7.71. The predicted molar refractivity (Wildman–Crippen MR) is 105 cm³/mol. The minimum absolute atomic E-state index is 0.0474. The van der Waals surface area contributed by atoms with E-state index in [1.165, 1.54) is 0 Å². The molecule has 3 rings (SSSR count). The van der Waals surface area contributed by atoms with Crippen molar-refractivity contribution in [1.29, 1.82) is 0 Å². The molecule has 1 aromatic carbocycles. The van der Waals surface area contributed by atoms with Crippen LogP contribution in [-0.2, 0) is 4.79 Å². The fourth-order valence-electron chi connectivity index (χ4n) is 2.47. The highest BCUT2D eigenvalue weighted by molar-refractivity contribution is 7.98. The summed E-state index contributed by atoms with van der Waals surface area (Å²) in [4.78, 5) is 15.4. The van der Waals surface area contributed by atoms with Crippen molar-refractivity contribution in [1.82, 2.24) is 10.2 Å². The molecule has 0 aliphatic heterocycles. The van der Waals surface area contributed by atoms with Gasteiger partial charge in [0.25, 0.3) is 17.7 Å². The molecule has 2 heterocycles. The van der Waals surface area contributed by atoms with Crippen LogP contribution >= 0.6 is 23.1 Å². The summed E-state index contributed by atoms with van der Waals surface area (Å²) in [7, 11) is 1.94. The zero-order chi connectivity index (χ0) is 18.5. The number of para-hydroxylation sites is 1. The Kier molecular flexibility index (Phi) is 6.08. The number of quaternary nitrogens is 1. The topological polar surface area (TPSA) is 72.5 Å². The monoisotopic (exact) mass is 389 g/mol. The Hall–Kier alpha value is -2.16. The molecule has 2 N–H and O–H groups in total. The van der Waals surface area contributed by atoms with Gasteiger partial charge in [0.1, 0.15) is 0 Å². The molecule has 6 nitrogen and oxygen atoms in total. The van der Waals surface area contributed by atoms with E-state index in [2.05, 4.69) is 15.5 Å². The number of nitrogens with one attached hydrogen (secondary N) is 2. The second kappa shape index (κ2) is 8.48. The molecule has 2 aromatic heterocycles. The molecule has 0 aliphatic carbocycles. The van der Waals surface area contributed by atoms with E-state index in [0.29, 0.717) is 18.3 Å². The first-order valence-electron chi connectivity index (χ1n) is 8.21. The van der Waals surface area contributed by atoms with Crippen LogP contribution in [0.25, 0.3) is 10.8 Å². The summed E-state index contributed by atoms with van der Waals surface area (Å²) < 4.78 is 5.78. The van der Waals surface area contributed by atoms with Crippen LogP contribution in [0.15, 0.2) is 51.1 Å². The highest BCUT2D eigenvalue weighted by atomic mass is 32.2. The molecule has 26 heavy (non-hydrogen) atoms. The van der Waals surface area contributed by atoms with E-state index in [-0.39, 0.29) is 11.9 Å². The Labute approximate surface area is 160 Å². The van der Waals surface area contributed by atoms with Gasteiger partial charge in [-0.1, -0.05) is 18.2 Å². The fraction of sp³-hybridized carbons (Fsp3) is 0.278. The van der Waals surface area contributed by atoms with Crippen molar-refractivity contribution in [3.8, 4) is 10.8 Å². The number of likely N-dealkylation sites (N-methyl/N-ethyl adjacent to an activating group) is 1. The normalized spacial score (nSPS) is 13.3. The van der Waals surface area contributed by atoms with Gasteiger partial charge in [0.2, 0.25) is 0 Å². The maximum absolute atomic E-state index is 12.4. The summed E-state index contributed by atoms with van der Waals surface area (Å²) in [6.45, 7) is 2.28. The van der Waals surface area contributed by atoms with E-state index >= 15 is 0 Å². The number of hydrogen-bond acceptors (Lipinski definition) is 6. The van der Waals surface area contributed by atoms with Crippen LogP contribution in [0.5, 0.6) is 0 Å². The van der Waals surface area contributed by atoms with Crippen molar-refractivity contribution >= 4 is 34.7 Å². The van der Waals surface area contributed by atoms with Gasteiger partial charge in [0.05, 0.1) is 17.6 Å². The Balaban J connectivity index is 1.62. The number of hydrogen-bond donors (Lipinski definition) is 2. The van der Waals surface area contributed by atoms with Crippen molar-refractivity contribution in [2.75, 3.05) is 25.2 Å². The van der Waals surface area contributed by atoms with E-state index in [9.17, 15) is 4.79 Å². The van der Waals surface area contributed by atoms with Crippen molar-refractivity contribution in [3.05, 3.63) is 47.7 Å². The lowest BCUT2D eigenvalue weighted by Gasteiger charge is -2.18. The van der Waals surface area contributed by atoms with Crippen LogP contribution in [0, 0.1) is 0 Å². The summed E-state index contributed by atoms with van der Waals surface area (Å²) in [5, 5.41) is 13.2. The number of rotatable bonds is 7. The van der Waals surface area contributed by atoms with E-state index < -0.39 is 0 Å². The summed E-state index contributed by atoms with van der Waals surface area (Å²) in [6, 6.07) is 11.6. The molecule has 8 heteroatoms. The zero-order valence-corrected chi connectivity index (χ0v) is 16.5. The average molecular weight is 390 g/mol. The molecule has 1 unspecified atom stereocenters. The third-order valence-corrected chi connectivity index (χ3v) is 5.76. The largest absolute Gasteiger partial charge is 0.414 e. The third kappa shape index (κ3) is 4.32. The van der Waals surface area contributed by atoms with E-state index in [1.54, 1.807) is 23.1 Å². The first-order valence-corrected chi connectivity index (χ1v) is 10.3. The summed E-state index contributed by atoms with van der Waals surface area (Å²) in [6.07, 6.45) is 1.99. The number of thioether (sulfide) groups is 1. The number of aromatic nitrogens is 2. The van der Waals surface area contributed by atoms with Crippen LogP contribution in [0.1, 0.15) is 18.9 Å². The van der Waals surface area contributed by atoms with Gasteiger partial charge < -0.3 is 14.6 Å². The first-order chi connectivity index (χ1) is 12.6. The van der Waals surface area contributed by atoms with Crippen LogP contribution < -0.4 is 10.2 Å². The number of carbonyl (C=O) groups excluding carboxylic acids is 1. The summed E-state index contributed by atoms with van der Waals surface area (Å²) >= 11 is 3.16. The predicted octanol–water partition coefficient (Wildman–Crippen LogP) is 2.73. The second-order valence-electron chi connectivity index (χ2n) is 5.92. The first kappa shape index (κ1) is 18.6. The maximum Gasteiger partial charge on any atom is 0.279 e. The van der Waals surface area contributed by atoms with Gasteiger partial charge in [-0.05, 0) is 36.8 Å². The minimum Gasteiger partial charge on any atom is -0.414 e. The van der Waals surface area contributed by atoms with Crippen LogP contribution in [0.2, 0.25) is 0 Å². The van der Waals surface area contributed by atoms with Gasteiger partial charge in [0, 0.05) is 4.90 Å². The number of thiophene rings is 1. The smallest absolute Gasteiger partial charge is 0.279 e. The Bertz CT molecular complexity index is 864. The van der Waals surface area contributed by atoms with E-state index in [4.69, 9.17) is 4.42 Å². The number of anilines is 1. The molecule has 0 aliphatic rings. The maximum atomic E-state index is 12.4. The average Bonchev–Trinajstić information content (AvgIpc) is 3.32. The Morgan fingerprint density at radius 3 is 2.85 bits per heavy atom. The van der Waals surface area contributed by atoms with Gasteiger partial charge in [0.15, 0.2) is 12.6 Å². The molecular formula is C18H21N4O2S2+. The quantitative estimate of drug-likeness (QED) is 0.608. The lowest BCUT2D eigenvalue weighted by Crippen LogP contribution is -3.10. The lowest BCUT2D eigenvalue weighted by molar-refractivity contribution is -0.903. The van der Waals surface area contributed by atoms with E-state index in [1.807, 2.05) is 62.0 Å². The molecule has 0 saturated carbocycles. The minimum atomic E-state index is -0.0854. The highest BCUT2D eigenvalue weighted by Gasteiger charge is 2.24. The molecule has 0 saturated heterocycles. The summed E-state index contributed by atoms with van der Waals surface area (Å²) in [5.41, 5.74) is 0.836. The summed E-state index contributed by atoms with van der Waals surface area (Å²) in [5.74, 6) is 1.00. The number of nitrogens with zero attached hydrogens (tertiary/aromatic N) is 2. The molecule has 2 atom stereocenters. The SMILES string of the molecule is CSc1ccccc1NC(=O)C[NH+](C)[C@H](C)c1nnc(-c2cccs2)o1. The van der Waals surface area contributed by atoms with Gasteiger partial charge in [-0.2, -0.15) is 0 Å². The third-order valence-electron chi connectivity index (χ3n) is 4.10. The van der Waals surface area contributed by atoms with Crippen molar-refractivity contribution in [2.45, 2.75) is 17.9 Å². The highest BCUT2D eigenvalue weighted by Crippen LogP contribution is 2.25. The van der Waals surface area contributed by atoms with Crippen LogP contribution in [0.3, 0.4) is 0 Å². The van der Waals surface area contributed by atoms with Gasteiger partial charge in [-0.15, -0.1) is 33.3 Å². The van der Waals surface area contributed by atoms with Crippen LogP contribution in [0.4, 0.5) is 5.69 Å². The zero-order valence-electron chi connectivity index (χ0n) is 14.9. The van der Waals surface area contributed by atoms with Crippen molar-refractivity contribution in [3.63, 3.8) is 0 Å². The Morgan fingerprint density at radius 1 is 1.31 bits per heavy atom. The van der Waals surface area contributed by atoms with E-state index in [0.717, 1.165) is 20.4 Å². The number of carbonyl (C=O) groups is 1. The molecule has 0 fully saturated rings. The molecule has 0 spiro atoms. The van der Waals surface area contributed by atoms with Gasteiger partial charge >= 0.3 is 0 Å². The molecule has 3 aromatic rings. The molecule has 1 amide bonds. The molecule has 0 bridgehead atoms. The molecule has 136 valence electrons. The van der Waals surface area contributed by atoms with Crippen molar-refractivity contribution in [2.24, 2.45) is 0 Å². The van der Waals surface area contributed by atoms with Crippen molar-refractivity contribution < 1.29 is 14.1 Å². The van der Waals surface area contributed by atoms with Gasteiger partial charge in [-0.25, -0.2) is 0 Å². The fourth-order valence-corrected chi connectivity index (χ4v) is 3.67. The number of amides is 1. The Morgan fingerprint density at radius 2 is 2.12 bits per heavy atom. The molecule has 0 radical (unpaired) electrons. The number of benzene rings is 1. The van der Waals surface area contributed by atoms with Crippen LogP contribution in [-0.4, -0.2) is 36.0 Å². The lowest BCUT2D eigenvalue weighted by atomic mass is 10.3. The molecular weight excluding hydrogens is 368 g/mol. The van der Waals surface area contributed by atoms with Gasteiger partial charge in [-0.3, -0.25) is 4.79 Å². The standard InChI is InChI=1S/C18H20N4O2S2/c1-12(17-20-21-18(24-17)15-9-6-10-26-15)22(2)11-16(23)19-13-7-4-5-8-14(13)25-3/h4-10,12H,11H2,1-3H3,(H,19,23)/p+1/t12-/m1/s1.